The van der Waals surface area contributed by atoms with E-state index < -0.39 is 11.8 Å². The first-order chi connectivity index (χ1) is 18.2. The van der Waals surface area contributed by atoms with Crippen molar-refractivity contribution in [2.45, 2.75) is 77.0 Å². The number of pyridine rings is 1. The molecule has 0 N–H and O–H groups in total. The van der Waals surface area contributed by atoms with Crippen LogP contribution in [0.25, 0.3) is 15.8 Å². The van der Waals surface area contributed by atoms with Crippen LogP contribution in [0, 0.1) is 0 Å². The number of hydroxylamine groups is 2. The highest BCUT2D eigenvalue weighted by molar-refractivity contribution is 7.13. The van der Waals surface area contributed by atoms with E-state index in [-0.39, 0.29) is 12.5 Å². The number of ether oxygens (including phenoxy) is 1. The average Bonchev–Trinajstić information content (AvgIpc) is 3.44. The zero-order valence-corrected chi connectivity index (χ0v) is 23.1. The van der Waals surface area contributed by atoms with Crippen LogP contribution in [0.15, 0.2) is 36.7 Å². The second-order valence-corrected chi connectivity index (χ2v) is 12.2. The minimum Gasteiger partial charge on any atom is -0.427 e. The van der Waals surface area contributed by atoms with Crippen molar-refractivity contribution in [2.75, 3.05) is 0 Å². The van der Waals surface area contributed by atoms with Gasteiger partial charge in [-0.25, -0.2) is 4.79 Å². The lowest BCUT2D eigenvalue weighted by Gasteiger charge is -2.27. The quantitative estimate of drug-likeness (QED) is 0.264. The van der Waals surface area contributed by atoms with Crippen LogP contribution >= 0.6 is 23.1 Å². The minimum atomic E-state index is -0.752. The molecule has 0 unspecified atom stereocenters. The SMILES string of the molecule is CC(C)(C)OC(=O)ON1Cc2cc(Cl)ccc2-n2c(nnc2C2CCC(c3nsc4cnccc34)CC2)C1. The minimum absolute atomic E-state index is 0.265. The van der Waals surface area contributed by atoms with E-state index in [1.807, 2.05) is 30.6 Å². The van der Waals surface area contributed by atoms with Crippen LogP contribution in [0.4, 0.5) is 4.79 Å². The summed E-state index contributed by atoms with van der Waals surface area (Å²) in [6.45, 7) is 6.05. The lowest BCUT2D eigenvalue weighted by molar-refractivity contribution is -0.155. The lowest BCUT2D eigenvalue weighted by Crippen LogP contribution is -2.31. The van der Waals surface area contributed by atoms with E-state index >= 15 is 0 Å². The molecule has 38 heavy (non-hydrogen) atoms. The first-order valence-corrected chi connectivity index (χ1v) is 14.0. The Morgan fingerprint density at radius 3 is 2.66 bits per heavy atom. The third kappa shape index (κ3) is 5.00. The van der Waals surface area contributed by atoms with E-state index in [9.17, 15) is 4.79 Å². The Labute approximate surface area is 229 Å². The standard InChI is InChI=1S/C27H29ClN6O3S/c1-27(2,3)36-26(35)37-33-14-18-12-19(28)8-9-21(18)34-23(15-33)30-31-25(34)17-6-4-16(5-7-17)24-20-10-11-29-13-22(20)38-32-24/h8-13,16-17H,4-7,14-15H2,1-3H3. The molecule has 0 saturated heterocycles. The largest absolute Gasteiger partial charge is 0.528 e. The molecule has 0 radical (unpaired) electrons. The van der Waals surface area contributed by atoms with Crippen molar-refractivity contribution in [3.63, 3.8) is 0 Å². The molecule has 11 heteroatoms. The van der Waals surface area contributed by atoms with Crippen molar-refractivity contribution >= 4 is 39.4 Å². The third-order valence-electron chi connectivity index (χ3n) is 7.08. The van der Waals surface area contributed by atoms with Gasteiger partial charge in [-0.3, -0.25) is 9.55 Å². The summed E-state index contributed by atoms with van der Waals surface area (Å²) < 4.78 is 13.4. The molecule has 9 nitrogen and oxygen atoms in total. The first-order valence-electron chi connectivity index (χ1n) is 12.8. The molecular weight excluding hydrogens is 524 g/mol. The maximum atomic E-state index is 12.4. The molecule has 4 heterocycles. The molecule has 1 saturated carbocycles. The van der Waals surface area contributed by atoms with Gasteiger partial charge < -0.3 is 9.57 Å². The van der Waals surface area contributed by atoms with Crippen LogP contribution in [0.1, 0.15) is 81.2 Å². The van der Waals surface area contributed by atoms with Crippen LogP contribution < -0.4 is 0 Å². The molecule has 1 aliphatic heterocycles. The summed E-state index contributed by atoms with van der Waals surface area (Å²) in [5.41, 5.74) is 2.43. The van der Waals surface area contributed by atoms with E-state index in [2.05, 4.69) is 25.8 Å². The van der Waals surface area contributed by atoms with Crippen molar-refractivity contribution in [1.29, 1.82) is 0 Å². The van der Waals surface area contributed by atoms with Gasteiger partial charge in [-0.05, 0) is 87.8 Å². The zero-order chi connectivity index (χ0) is 26.4. The summed E-state index contributed by atoms with van der Waals surface area (Å²) >= 11 is 7.89. The van der Waals surface area contributed by atoms with Gasteiger partial charge in [0.25, 0.3) is 0 Å². The number of hydrogen-bond donors (Lipinski definition) is 0. The van der Waals surface area contributed by atoms with E-state index in [4.69, 9.17) is 25.5 Å². The van der Waals surface area contributed by atoms with Gasteiger partial charge in [-0.1, -0.05) is 11.6 Å². The van der Waals surface area contributed by atoms with Crippen molar-refractivity contribution < 1.29 is 14.4 Å². The third-order valence-corrected chi connectivity index (χ3v) is 8.12. The fourth-order valence-electron chi connectivity index (χ4n) is 5.43. The monoisotopic (exact) mass is 552 g/mol. The number of halogens is 1. The van der Waals surface area contributed by atoms with E-state index in [0.29, 0.717) is 23.3 Å². The molecule has 6 rings (SSSR count). The van der Waals surface area contributed by atoms with Gasteiger partial charge in [0.15, 0.2) is 5.82 Å². The Bertz CT molecular complexity index is 1490. The number of hydrogen-bond acceptors (Lipinski definition) is 9. The van der Waals surface area contributed by atoms with Crippen molar-refractivity contribution in [1.82, 2.24) is 29.2 Å². The normalized spacial score (nSPS) is 20.0. The number of fused-ring (bicyclic) bond motifs is 4. The smallest absolute Gasteiger partial charge is 0.427 e. The highest BCUT2D eigenvalue weighted by Gasteiger charge is 2.33. The van der Waals surface area contributed by atoms with E-state index in [1.54, 1.807) is 25.8 Å². The molecule has 3 aromatic heterocycles. The van der Waals surface area contributed by atoms with Crippen LogP contribution in [-0.4, -0.2) is 40.9 Å². The summed E-state index contributed by atoms with van der Waals surface area (Å²) in [7, 11) is 0. The number of carbonyl (C=O) groups is 1. The Hall–Kier alpha value is -3.08. The predicted molar refractivity (Wildman–Crippen MR) is 144 cm³/mol. The summed E-state index contributed by atoms with van der Waals surface area (Å²) in [6.07, 6.45) is 7.05. The fourth-order valence-corrected chi connectivity index (χ4v) is 6.45. The number of nitrogens with zero attached hydrogens (tertiary/aromatic N) is 6. The molecule has 0 amide bonds. The topological polar surface area (TPSA) is 95.3 Å². The highest BCUT2D eigenvalue weighted by atomic mass is 35.5. The lowest BCUT2D eigenvalue weighted by atomic mass is 9.79. The molecular formula is C27H29ClN6O3S. The van der Waals surface area contributed by atoms with Crippen LogP contribution in [0.3, 0.4) is 0 Å². The van der Waals surface area contributed by atoms with Crippen molar-refractivity contribution in [3.05, 3.63) is 64.6 Å². The second-order valence-electron chi connectivity index (χ2n) is 10.9. The number of benzene rings is 1. The Morgan fingerprint density at radius 2 is 1.87 bits per heavy atom. The molecule has 1 fully saturated rings. The summed E-state index contributed by atoms with van der Waals surface area (Å²) in [4.78, 5) is 22.2. The molecule has 4 aromatic rings. The maximum Gasteiger partial charge on any atom is 0.528 e. The fraction of sp³-hybridized carbons (Fsp3) is 0.444. The zero-order valence-electron chi connectivity index (χ0n) is 21.6. The van der Waals surface area contributed by atoms with E-state index in [0.717, 1.165) is 47.5 Å². The van der Waals surface area contributed by atoms with Crippen molar-refractivity contribution in [2.24, 2.45) is 0 Å². The van der Waals surface area contributed by atoms with Crippen molar-refractivity contribution in [3.8, 4) is 5.69 Å². The van der Waals surface area contributed by atoms with Gasteiger partial charge in [0.05, 0.1) is 29.2 Å². The van der Waals surface area contributed by atoms with Crippen LogP contribution in [-0.2, 0) is 22.7 Å². The molecule has 2 aliphatic rings. The van der Waals surface area contributed by atoms with Crippen LogP contribution in [0.2, 0.25) is 5.02 Å². The molecule has 0 atom stereocenters. The highest BCUT2D eigenvalue weighted by Crippen LogP contribution is 2.43. The van der Waals surface area contributed by atoms with Gasteiger partial charge >= 0.3 is 6.16 Å². The number of carbonyl (C=O) groups excluding carboxylic acids is 1. The number of aromatic nitrogens is 5. The molecule has 0 bridgehead atoms. The van der Waals surface area contributed by atoms with Crippen LogP contribution in [0.5, 0.6) is 0 Å². The average molecular weight is 553 g/mol. The second kappa shape index (κ2) is 9.91. The maximum absolute atomic E-state index is 12.4. The Balaban J connectivity index is 1.26. The van der Waals surface area contributed by atoms with Gasteiger partial charge in [0.2, 0.25) is 0 Å². The summed E-state index contributed by atoms with van der Waals surface area (Å²) in [6, 6.07) is 7.84. The Morgan fingerprint density at radius 1 is 1.08 bits per heavy atom. The summed E-state index contributed by atoms with van der Waals surface area (Å²) in [5, 5.41) is 12.6. The van der Waals surface area contributed by atoms with E-state index in [1.165, 1.54) is 22.6 Å². The number of rotatable bonds is 3. The van der Waals surface area contributed by atoms with Gasteiger partial charge in [0.1, 0.15) is 11.4 Å². The first kappa shape index (κ1) is 25.2. The molecule has 198 valence electrons. The molecule has 1 aliphatic carbocycles. The predicted octanol–water partition coefficient (Wildman–Crippen LogP) is 6.55. The molecule has 1 aromatic carbocycles. The van der Waals surface area contributed by atoms with Gasteiger partial charge in [0, 0.05) is 34.6 Å². The summed E-state index contributed by atoms with van der Waals surface area (Å²) in [5.74, 6) is 2.34. The molecule has 0 spiro atoms. The van der Waals surface area contributed by atoms with Gasteiger partial charge in [-0.15, -0.1) is 15.3 Å². The Kier molecular flexibility index (Phi) is 6.57. The van der Waals surface area contributed by atoms with Gasteiger partial charge in [-0.2, -0.15) is 4.37 Å².